The largest absolute Gasteiger partial charge is 0.481 e. The third-order valence-electron chi connectivity index (χ3n) is 2.75. The lowest BCUT2D eigenvalue weighted by Gasteiger charge is -2.25. The Kier molecular flexibility index (Phi) is 5.83. The molecule has 0 radical (unpaired) electrons. The van der Waals surface area contributed by atoms with Crippen LogP contribution in [0, 0.1) is 0 Å². The molecule has 114 valence electrons. The molecule has 0 unspecified atom stereocenters. The van der Waals surface area contributed by atoms with Crippen molar-refractivity contribution < 1.29 is 19.5 Å². The summed E-state index contributed by atoms with van der Waals surface area (Å²) < 4.78 is 0. The molecule has 2 amide bonds. The van der Waals surface area contributed by atoms with E-state index >= 15 is 0 Å². The fourth-order valence-corrected chi connectivity index (χ4v) is 1.65. The van der Waals surface area contributed by atoms with Crippen molar-refractivity contribution in [3.05, 3.63) is 30.1 Å². The fourth-order valence-electron chi connectivity index (χ4n) is 1.65. The van der Waals surface area contributed by atoms with E-state index < -0.39 is 17.4 Å². The summed E-state index contributed by atoms with van der Waals surface area (Å²) in [5.74, 6) is -1.73. The molecule has 1 aromatic heterocycles. The number of aliphatic carboxylic acids is 1. The van der Waals surface area contributed by atoms with Gasteiger partial charge in [0.05, 0.1) is 6.54 Å². The first kappa shape index (κ1) is 16.6. The Morgan fingerprint density at radius 3 is 2.57 bits per heavy atom. The van der Waals surface area contributed by atoms with E-state index in [2.05, 4.69) is 15.6 Å². The van der Waals surface area contributed by atoms with Crippen LogP contribution in [0.2, 0.25) is 0 Å². The zero-order valence-electron chi connectivity index (χ0n) is 12.0. The van der Waals surface area contributed by atoms with Gasteiger partial charge in [-0.2, -0.15) is 0 Å². The van der Waals surface area contributed by atoms with Crippen LogP contribution in [0.1, 0.15) is 37.2 Å². The maximum absolute atomic E-state index is 11.7. The molecular formula is C14H19N3O4. The number of pyridine rings is 1. The second-order valence-electron chi connectivity index (χ2n) is 5.22. The van der Waals surface area contributed by atoms with Crippen molar-refractivity contribution in [1.82, 2.24) is 15.6 Å². The predicted octanol–water partition coefficient (Wildman–Crippen LogP) is 0.571. The van der Waals surface area contributed by atoms with E-state index in [0.717, 1.165) is 0 Å². The van der Waals surface area contributed by atoms with E-state index in [9.17, 15) is 14.4 Å². The summed E-state index contributed by atoms with van der Waals surface area (Å²) in [5, 5.41) is 13.8. The zero-order valence-corrected chi connectivity index (χ0v) is 12.0. The Bertz CT molecular complexity index is 514. The standard InChI is InChI=1S/C14H19N3O4/c1-14(2,7-6-12(19)20)17-11(18)9-16-13(21)10-5-3-4-8-15-10/h3-5,8H,6-7,9H2,1-2H3,(H,16,21)(H,17,18)(H,19,20). The van der Waals surface area contributed by atoms with E-state index in [-0.39, 0.29) is 24.6 Å². The third kappa shape index (κ3) is 6.51. The number of hydrogen-bond donors (Lipinski definition) is 3. The van der Waals surface area contributed by atoms with Gasteiger partial charge in [0.2, 0.25) is 5.91 Å². The van der Waals surface area contributed by atoms with Gasteiger partial charge in [-0.15, -0.1) is 0 Å². The van der Waals surface area contributed by atoms with Gasteiger partial charge >= 0.3 is 5.97 Å². The molecule has 0 atom stereocenters. The van der Waals surface area contributed by atoms with E-state index in [4.69, 9.17) is 5.11 Å². The molecule has 0 aliphatic heterocycles. The summed E-state index contributed by atoms with van der Waals surface area (Å²) in [5.41, 5.74) is -0.416. The summed E-state index contributed by atoms with van der Waals surface area (Å²) in [4.78, 5) is 37.8. The third-order valence-corrected chi connectivity index (χ3v) is 2.75. The average Bonchev–Trinajstić information content (AvgIpc) is 2.43. The molecule has 0 aliphatic carbocycles. The van der Waals surface area contributed by atoms with Crippen molar-refractivity contribution in [3.63, 3.8) is 0 Å². The Labute approximate surface area is 122 Å². The molecule has 3 N–H and O–H groups in total. The lowest BCUT2D eigenvalue weighted by atomic mass is 9.98. The van der Waals surface area contributed by atoms with Gasteiger partial charge < -0.3 is 15.7 Å². The minimum Gasteiger partial charge on any atom is -0.481 e. The first-order valence-corrected chi connectivity index (χ1v) is 6.52. The van der Waals surface area contributed by atoms with Crippen LogP contribution >= 0.6 is 0 Å². The molecule has 7 heteroatoms. The molecule has 0 aromatic carbocycles. The normalized spacial score (nSPS) is 10.8. The maximum Gasteiger partial charge on any atom is 0.303 e. The number of hydrogen-bond acceptors (Lipinski definition) is 4. The molecule has 0 fully saturated rings. The summed E-state index contributed by atoms with van der Waals surface area (Å²) in [6.07, 6.45) is 1.76. The topological polar surface area (TPSA) is 108 Å². The van der Waals surface area contributed by atoms with Crippen LogP contribution in [0.4, 0.5) is 0 Å². The summed E-state index contributed by atoms with van der Waals surface area (Å²) in [6, 6.07) is 4.91. The van der Waals surface area contributed by atoms with E-state index in [0.29, 0.717) is 6.42 Å². The minimum absolute atomic E-state index is 0.0342. The van der Waals surface area contributed by atoms with Crippen molar-refractivity contribution >= 4 is 17.8 Å². The monoisotopic (exact) mass is 293 g/mol. The average molecular weight is 293 g/mol. The Morgan fingerprint density at radius 2 is 2.00 bits per heavy atom. The molecular weight excluding hydrogens is 274 g/mol. The second-order valence-corrected chi connectivity index (χ2v) is 5.22. The van der Waals surface area contributed by atoms with Gasteiger partial charge in [0.1, 0.15) is 5.69 Å². The number of nitrogens with zero attached hydrogens (tertiary/aromatic N) is 1. The molecule has 0 aliphatic rings. The smallest absolute Gasteiger partial charge is 0.303 e. The SMILES string of the molecule is CC(C)(CCC(=O)O)NC(=O)CNC(=O)c1ccccn1. The lowest BCUT2D eigenvalue weighted by Crippen LogP contribution is -2.48. The highest BCUT2D eigenvalue weighted by molar-refractivity contribution is 5.94. The highest BCUT2D eigenvalue weighted by Gasteiger charge is 2.21. The molecule has 21 heavy (non-hydrogen) atoms. The van der Waals surface area contributed by atoms with E-state index in [1.54, 1.807) is 32.0 Å². The molecule has 0 saturated heterocycles. The molecule has 1 aromatic rings. The molecule has 0 saturated carbocycles. The number of rotatable bonds is 7. The van der Waals surface area contributed by atoms with E-state index in [1.165, 1.54) is 6.20 Å². The van der Waals surface area contributed by atoms with Gasteiger partial charge in [-0.1, -0.05) is 6.07 Å². The van der Waals surface area contributed by atoms with Crippen LogP contribution in [0.25, 0.3) is 0 Å². The first-order chi connectivity index (χ1) is 9.80. The van der Waals surface area contributed by atoms with E-state index in [1.807, 2.05) is 0 Å². The highest BCUT2D eigenvalue weighted by Crippen LogP contribution is 2.10. The Balaban J connectivity index is 2.40. The van der Waals surface area contributed by atoms with Crippen LogP contribution in [0.15, 0.2) is 24.4 Å². The fraction of sp³-hybridized carbons (Fsp3) is 0.429. The number of carboxylic acids is 1. The summed E-state index contributed by atoms with van der Waals surface area (Å²) >= 11 is 0. The summed E-state index contributed by atoms with van der Waals surface area (Å²) in [7, 11) is 0. The van der Waals surface area contributed by atoms with Crippen molar-refractivity contribution in [2.75, 3.05) is 6.54 Å². The molecule has 0 spiro atoms. The number of nitrogens with one attached hydrogen (secondary N) is 2. The molecule has 7 nitrogen and oxygen atoms in total. The second kappa shape index (κ2) is 7.37. The molecule has 1 heterocycles. The van der Waals surface area contributed by atoms with Gasteiger partial charge in [0.15, 0.2) is 0 Å². The van der Waals surface area contributed by atoms with Crippen LogP contribution in [-0.4, -0.2) is 40.0 Å². The number of carbonyl (C=O) groups is 3. The Hall–Kier alpha value is -2.44. The maximum atomic E-state index is 11.7. The summed E-state index contributed by atoms with van der Waals surface area (Å²) in [6.45, 7) is 3.27. The van der Waals surface area contributed by atoms with Crippen LogP contribution in [-0.2, 0) is 9.59 Å². The predicted molar refractivity (Wildman–Crippen MR) is 75.7 cm³/mol. The quantitative estimate of drug-likeness (QED) is 0.681. The van der Waals surface area contributed by atoms with Gasteiger partial charge in [-0.05, 0) is 32.4 Å². The minimum atomic E-state index is -0.916. The highest BCUT2D eigenvalue weighted by atomic mass is 16.4. The van der Waals surface area contributed by atoms with Crippen molar-refractivity contribution in [1.29, 1.82) is 0 Å². The Morgan fingerprint density at radius 1 is 1.29 bits per heavy atom. The zero-order chi connectivity index (χ0) is 15.9. The van der Waals surface area contributed by atoms with Crippen molar-refractivity contribution in [2.24, 2.45) is 0 Å². The van der Waals surface area contributed by atoms with Crippen molar-refractivity contribution in [2.45, 2.75) is 32.2 Å². The number of carbonyl (C=O) groups excluding carboxylic acids is 2. The number of carboxylic acid groups (broad SMARTS) is 1. The van der Waals surface area contributed by atoms with Crippen LogP contribution in [0.5, 0.6) is 0 Å². The molecule has 1 rings (SSSR count). The number of aromatic nitrogens is 1. The van der Waals surface area contributed by atoms with Gasteiger partial charge in [-0.25, -0.2) is 0 Å². The molecule has 0 bridgehead atoms. The lowest BCUT2D eigenvalue weighted by molar-refractivity contribution is -0.137. The van der Waals surface area contributed by atoms with Crippen LogP contribution < -0.4 is 10.6 Å². The van der Waals surface area contributed by atoms with Gasteiger partial charge in [0.25, 0.3) is 5.91 Å². The van der Waals surface area contributed by atoms with Crippen molar-refractivity contribution in [3.8, 4) is 0 Å². The van der Waals surface area contributed by atoms with Crippen LogP contribution in [0.3, 0.4) is 0 Å². The van der Waals surface area contributed by atoms with Gasteiger partial charge in [-0.3, -0.25) is 19.4 Å². The van der Waals surface area contributed by atoms with Gasteiger partial charge in [0, 0.05) is 18.2 Å². The first-order valence-electron chi connectivity index (χ1n) is 6.52. The number of amides is 2.